The minimum atomic E-state index is -0.126. The first kappa shape index (κ1) is 16.3. The van der Waals surface area contributed by atoms with Gasteiger partial charge in [-0.1, -0.05) is 41.4 Å². The van der Waals surface area contributed by atoms with Crippen LogP contribution in [0.1, 0.15) is 27.0 Å². The number of nitrogens with zero attached hydrogens (tertiary/aromatic N) is 2. The maximum absolute atomic E-state index is 12.4. The first-order valence-electron chi connectivity index (χ1n) is 7.67. The number of hydrogen-bond acceptors (Lipinski definition) is 2. The van der Waals surface area contributed by atoms with Crippen molar-refractivity contribution < 1.29 is 4.79 Å². The number of hydrogen-bond donors (Lipinski definition) is 1. The maximum Gasteiger partial charge on any atom is 0.256 e. The Kier molecular flexibility index (Phi) is 4.67. The number of aryl methyl sites for hydroxylation is 2. The third kappa shape index (κ3) is 3.84. The van der Waals surface area contributed by atoms with Crippen LogP contribution in [0.5, 0.6) is 0 Å². The standard InChI is InChI=1S/C19H18ClN3O/c1-13-6-7-14(2)18(8-13)19(24)22-17-10-21-23(12-17)11-15-4-3-5-16(20)9-15/h3-10,12H,11H2,1-2H3,(H,22,24). The van der Waals surface area contributed by atoms with Crippen molar-refractivity contribution in [3.05, 3.63) is 82.1 Å². The molecule has 3 rings (SSSR count). The van der Waals surface area contributed by atoms with Gasteiger partial charge in [0.05, 0.1) is 18.4 Å². The molecule has 2 aromatic carbocycles. The normalized spacial score (nSPS) is 10.6. The van der Waals surface area contributed by atoms with Crippen LogP contribution in [0.25, 0.3) is 0 Å². The lowest BCUT2D eigenvalue weighted by Crippen LogP contribution is -2.13. The summed E-state index contributed by atoms with van der Waals surface area (Å²) in [6.45, 7) is 4.50. The van der Waals surface area contributed by atoms with Gasteiger partial charge in [-0.15, -0.1) is 0 Å². The van der Waals surface area contributed by atoms with Crippen molar-refractivity contribution in [2.45, 2.75) is 20.4 Å². The summed E-state index contributed by atoms with van der Waals surface area (Å²) >= 11 is 5.99. The maximum atomic E-state index is 12.4. The molecular weight excluding hydrogens is 322 g/mol. The van der Waals surface area contributed by atoms with Crippen molar-refractivity contribution in [1.82, 2.24) is 9.78 Å². The molecule has 0 saturated carbocycles. The molecular formula is C19H18ClN3O. The number of carbonyl (C=O) groups is 1. The number of amides is 1. The molecule has 24 heavy (non-hydrogen) atoms. The molecule has 0 aliphatic heterocycles. The first-order chi connectivity index (χ1) is 11.5. The predicted molar refractivity (Wildman–Crippen MR) is 96.7 cm³/mol. The highest BCUT2D eigenvalue weighted by molar-refractivity contribution is 6.30. The number of nitrogens with one attached hydrogen (secondary N) is 1. The SMILES string of the molecule is Cc1ccc(C)c(C(=O)Nc2cnn(Cc3cccc(Cl)c3)c2)c1. The van der Waals surface area contributed by atoms with Crippen LogP contribution >= 0.6 is 11.6 Å². The van der Waals surface area contributed by atoms with Gasteiger partial charge in [-0.25, -0.2) is 0 Å². The highest BCUT2D eigenvalue weighted by Crippen LogP contribution is 2.15. The number of halogens is 1. The van der Waals surface area contributed by atoms with Gasteiger partial charge in [0.1, 0.15) is 0 Å². The van der Waals surface area contributed by atoms with Gasteiger partial charge in [-0.3, -0.25) is 9.48 Å². The highest BCUT2D eigenvalue weighted by Gasteiger charge is 2.10. The van der Waals surface area contributed by atoms with Gasteiger partial charge in [-0.05, 0) is 43.2 Å². The van der Waals surface area contributed by atoms with Crippen LogP contribution in [0.3, 0.4) is 0 Å². The van der Waals surface area contributed by atoms with E-state index in [2.05, 4.69) is 10.4 Å². The lowest BCUT2D eigenvalue weighted by molar-refractivity contribution is 0.102. The molecule has 1 heterocycles. The number of benzene rings is 2. The molecule has 122 valence electrons. The van der Waals surface area contributed by atoms with Crippen LogP contribution in [0.4, 0.5) is 5.69 Å². The zero-order valence-electron chi connectivity index (χ0n) is 13.6. The van der Waals surface area contributed by atoms with Gasteiger partial charge in [0, 0.05) is 16.8 Å². The largest absolute Gasteiger partial charge is 0.319 e. The van der Waals surface area contributed by atoms with E-state index in [9.17, 15) is 4.79 Å². The van der Waals surface area contributed by atoms with Crippen LogP contribution in [-0.4, -0.2) is 15.7 Å². The number of carbonyl (C=O) groups excluding carboxylic acids is 1. The van der Waals surface area contributed by atoms with E-state index in [4.69, 9.17) is 11.6 Å². The van der Waals surface area contributed by atoms with E-state index in [0.717, 1.165) is 16.7 Å². The number of aromatic nitrogens is 2. The van der Waals surface area contributed by atoms with E-state index in [1.165, 1.54) is 0 Å². The Morgan fingerprint density at radius 1 is 1.21 bits per heavy atom. The molecule has 0 fully saturated rings. The van der Waals surface area contributed by atoms with E-state index in [1.54, 1.807) is 10.9 Å². The van der Waals surface area contributed by atoms with E-state index in [0.29, 0.717) is 22.8 Å². The molecule has 0 radical (unpaired) electrons. The van der Waals surface area contributed by atoms with Gasteiger partial charge in [0.15, 0.2) is 0 Å². The molecule has 1 amide bonds. The van der Waals surface area contributed by atoms with Crippen molar-refractivity contribution in [2.24, 2.45) is 0 Å². The summed E-state index contributed by atoms with van der Waals surface area (Å²) in [6, 6.07) is 13.5. The lowest BCUT2D eigenvalue weighted by Gasteiger charge is -2.07. The Morgan fingerprint density at radius 2 is 2.04 bits per heavy atom. The monoisotopic (exact) mass is 339 g/mol. The lowest BCUT2D eigenvalue weighted by atomic mass is 10.1. The molecule has 0 aliphatic carbocycles. The third-order valence-corrected chi connectivity index (χ3v) is 4.00. The molecule has 0 unspecified atom stereocenters. The highest BCUT2D eigenvalue weighted by atomic mass is 35.5. The second-order valence-corrected chi connectivity index (χ2v) is 6.27. The van der Waals surface area contributed by atoms with Gasteiger partial charge < -0.3 is 5.32 Å². The number of anilines is 1. The zero-order chi connectivity index (χ0) is 17.1. The molecule has 3 aromatic rings. The molecule has 1 aromatic heterocycles. The van der Waals surface area contributed by atoms with Crippen molar-refractivity contribution in [2.75, 3.05) is 5.32 Å². The fraction of sp³-hybridized carbons (Fsp3) is 0.158. The van der Waals surface area contributed by atoms with Crippen molar-refractivity contribution in [3.8, 4) is 0 Å². The Bertz CT molecular complexity index is 886. The average Bonchev–Trinajstić information content (AvgIpc) is 2.96. The van der Waals surface area contributed by atoms with E-state index in [-0.39, 0.29) is 5.91 Å². The van der Waals surface area contributed by atoms with Crippen LogP contribution in [0, 0.1) is 13.8 Å². The topological polar surface area (TPSA) is 46.9 Å². The van der Waals surface area contributed by atoms with Gasteiger partial charge in [0.25, 0.3) is 5.91 Å². The van der Waals surface area contributed by atoms with Crippen LogP contribution in [0.15, 0.2) is 54.9 Å². The third-order valence-electron chi connectivity index (χ3n) is 3.76. The summed E-state index contributed by atoms with van der Waals surface area (Å²) in [5.41, 5.74) is 4.41. The number of rotatable bonds is 4. The fourth-order valence-electron chi connectivity index (χ4n) is 2.52. The molecule has 0 aliphatic rings. The van der Waals surface area contributed by atoms with Gasteiger partial charge >= 0.3 is 0 Å². The minimum absolute atomic E-state index is 0.126. The Morgan fingerprint density at radius 3 is 2.83 bits per heavy atom. The van der Waals surface area contributed by atoms with Gasteiger partial charge in [0.2, 0.25) is 0 Å². The summed E-state index contributed by atoms with van der Waals surface area (Å²) in [7, 11) is 0. The van der Waals surface area contributed by atoms with Crippen molar-refractivity contribution >= 4 is 23.2 Å². The van der Waals surface area contributed by atoms with E-state index >= 15 is 0 Å². The minimum Gasteiger partial charge on any atom is -0.319 e. The summed E-state index contributed by atoms with van der Waals surface area (Å²) in [6.07, 6.45) is 3.46. The van der Waals surface area contributed by atoms with Crippen LogP contribution < -0.4 is 5.32 Å². The second-order valence-electron chi connectivity index (χ2n) is 5.83. The Balaban J connectivity index is 1.72. The smallest absolute Gasteiger partial charge is 0.256 e. The first-order valence-corrected chi connectivity index (χ1v) is 8.04. The molecule has 0 atom stereocenters. The van der Waals surface area contributed by atoms with E-state index < -0.39 is 0 Å². The van der Waals surface area contributed by atoms with Crippen molar-refractivity contribution in [3.63, 3.8) is 0 Å². The van der Waals surface area contributed by atoms with Crippen LogP contribution in [-0.2, 0) is 6.54 Å². The quantitative estimate of drug-likeness (QED) is 0.763. The molecule has 1 N–H and O–H groups in total. The summed E-state index contributed by atoms with van der Waals surface area (Å²) in [5.74, 6) is -0.126. The summed E-state index contributed by atoms with van der Waals surface area (Å²) in [5, 5.41) is 7.88. The Hall–Kier alpha value is -2.59. The van der Waals surface area contributed by atoms with Crippen LogP contribution in [0.2, 0.25) is 5.02 Å². The molecule has 5 heteroatoms. The molecule has 4 nitrogen and oxygen atoms in total. The predicted octanol–water partition coefficient (Wildman–Crippen LogP) is 4.45. The fourth-order valence-corrected chi connectivity index (χ4v) is 2.73. The average molecular weight is 340 g/mol. The van der Waals surface area contributed by atoms with Crippen molar-refractivity contribution in [1.29, 1.82) is 0 Å². The summed E-state index contributed by atoms with van der Waals surface area (Å²) in [4.78, 5) is 12.4. The van der Waals surface area contributed by atoms with Gasteiger partial charge in [-0.2, -0.15) is 5.10 Å². The molecule has 0 spiro atoms. The molecule has 0 bridgehead atoms. The second kappa shape index (κ2) is 6.89. The molecule has 0 saturated heterocycles. The Labute approximate surface area is 146 Å². The summed E-state index contributed by atoms with van der Waals surface area (Å²) < 4.78 is 1.77. The zero-order valence-corrected chi connectivity index (χ0v) is 14.3. The van der Waals surface area contributed by atoms with E-state index in [1.807, 2.05) is 62.5 Å².